The summed E-state index contributed by atoms with van der Waals surface area (Å²) in [5, 5.41) is 2.68. The number of quaternary nitrogens is 1. The number of carbonyl (C=O) groups excluding carboxylic acids is 1. The lowest BCUT2D eigenvalue weighted by atomic mass is 10.3. The Morgan fingerprint density at radius 3 is 2.47 bits per heavy atom. The average Bonchev–Trinajstić information content (AvgIpc) is 2.41. The molecule has 1 aromatic rings. The summed E-state index contributed by atoms with van der Waals surface area (Å²) in [5.74, 6) is -0.635. The van der Waals surface area contributed by atoms with E-state index in [0.29, 0.717) is 10.7 Å². The normalized spacial score (nSPS) is 16.2. The van der Waals surface area contributed by atoms with Crippen molar-refractivity contribution in [2.75, 3.05) is 38.5 Å². The van der Waals surface area contributed by atoms with Gasteiger partial charge in [0.15, 0.2) is 4.99 Å². The summed E-state index contributed by atoms with van der Waals surface area (Å²) in [5.41, 5.74) is 0.550. The number of nitrogens with zero attached hydrogens (tertiary/aromatic N) is 1. The van der Waals surface area contributed by atoms with Gasteiger partial charge in [-0.05, 0) is 24.3 Å². The van der Waals surface area contributed by atoms with Gasteiger partial charge in [-0.3, -0.25) is 4.79 Å². The molecule has 1 aliphatic rings. The SMILES string of the molecule is C[NH+]1CCN(C(=S)C(=O)Nc2ccc(F)cc2)CC1. The van der Waals surface area contributed by atoms with Crippen LogP contribution in [0.1, 0.15) is 0 Å². The van der Waals surface area contributed by atoms with Gasteiger partial charge in [0, 0.05) is 5.69 Å². The number of anilines is 1. The van der Waals surface area contributed by atoms with Crippen LogP contribution in [0.4, 0.5) is 10.1 Å². The van der Waals surface area contributed by atoms with E-state index in [1.807, 2.05) is 4.90 Å². The molecule has 2 rings (SSSR count). The molecule has 1 amide bonds. The number of benzene rings is 1. The molecule has 1 aromatic carbocycles. The van der Waals surface area contributed by atoms with Crippen LogP contribution in [0, 0.1) is 5.82 Å². The summed E-state index contributed by atoms with van der Waals surface area (Å²) < 4.78 is 12.8. The number of nitrogens with one attached hydrogen (secondary N) is 2. The second-order valence-corrected chi connectivity index (χ2v) is 5.10. The van der Waals surface area contributed by atoms with Gasteiger partial charge in [-0.2, -0.15) is 0 Å². The molecular formula is C13H17FN3OS+. The van der Waals surface area contributed by atoms with Crippen LogP contribution in [0.2, 0.25) is 0 Å². The predicted molar refractivity (Wildman–Crippen MR) is 75.8 cm³/mol. The summed E-state index contributed by atoms with van der Waals surface area (Å²) in [6.07, 6.45) is 0. The van der Waals surface area contributed by atoms with Gasteiger partial charge in [0.1, 0.15) is 5.82 Å². The maximum Gasteiger partial charge on any atom is 0.283 e. The van der Waals surface area contributed by atoms with Crippen LogP contribution in [-0.2, 0) is 4.79 Å². The van der Waals surface area contributed by atoms with Crippen LogP contribution in [0.15, 0.2) is 24.3 Å². The smallest absolute Gasteiger partial charge is 0.283 e. The zero-order valence-corrected chi connectivity index (χ0v) is 11.6. The molecule has 6 heteroatoms. The van der Waals surface area contributed by atoms with Gasteiger partial charge >= 0.3 is 0 Å². The maximum absolute atomic E-state index is 12.8. The largest absolute Gasteiger partial charge is 0.347 e. The van der Waals surface area contributed by atoms with Gasteiger partial charge in [-0.25, -0.2) is 4.39 Å². The van der Waals surface area contributed by atoms with Gasteiger partial charge in [-0.15, -0.1) is 0 Å². The molecule has 0 saturated carbocycles. The first-order valence-corrected chi connectivity index (χ1v) is 6.64. The van der Waals surface area contributed by atoms with Crippen molar-refractivity contribution in [3.05, 3.63) is 30.1 Å². The van der Waals surface area contributed by atoms with Crippen molar-refractivity contribution in [2.24, 2.45) is 0 Å². The van der Waals surface area contributed by atoms with E-state index in [0.717, 1.165) is 26.2 Å². The first-order valence-electron chi connectivity index (χ1n) is 6.23. The first-order chi connectivity index (χ1) is 9.06. The zero-order valence-electron chi connectivity index (χ0n) is 10.8. The van der Waals surface area contributed by atoms with Crippen molar-refractivity contribution in [3.63, 3.8) is 0 Å². The lowest BCUT2D eigenvalue weighted by Crippen LogP contribution is -3.12. The molecule has 0 aliphatic carbocycles. The number of thiocarbonyl (C=S) groups is 1. The second kappa shape index (κ2) is 6.08. The summed E-state index contributed by atoms with van der Waals surface area (Å²) in [6.45, 7) is 3.54. The molecule has 1 saturated heterocycles. The molecule has 102 valence electrons. The molecule has 0 aromatic heterocycles. The van der Waals surface area contributed by atoms with E-state index in [4.69, 9.17) is 12.2 Å². The Balaban J connectivity index is 1.92. The molecule has 19 heavy (non-hydrogen) atoms. The van der Waals surface area contributed by atoms with E-state index in [2.05, 4.69) is 12.4 Å². The van der Waals surface area contributed by atoms with Crippen LogP contribution in [0.25, 0.3) is 0 Å². The van der Waals surface area contributed by atoms with E-state index in [1.54, 1.807) is 0 Å². The van der Waals surface area contributed by atoms with Crippen molar-refractivity contribution >= 4 is 28.8 Å². The first kappa shape index (κ1) is 13.9. The van der Waals surface area contributed by atoms with E-state index in [9.17, 15) is 9.18 Å². The van der Waals surface area contributed by atoms with E-state index >= 15 is 0 Å². The Hall–Kier alpha value is -1.53. The van der Waals surface area contributed by atoms with Crippen LogP contribution in [0.3, 0.4) is 0 Å². The van der Waals surface area contributed by atoms with E-state index < -0.39 is 0 Å². The van der Waals surface area contributed by atoms with Crippen molar-refractivity contribution in [2.45, 2.75) is 0 Å². The van der Waals surface area contributed by atoms with Gasteiger partial charge in [0.05, 0.1) is 33.2 Å². The third-order valence-corrected chi connectivity index (χ3v) is 3.64. The second-order valence-electron chi connectivity index (χ2n) is 4.71. The number of likely N-dealkylation sites (N-methyl/N-ethyl adjacent to an activating group) is 1. The molecule has 0 unspecified atom stereocenters. The Kier molecular flexibility index (Phi) is 4.44. The van der Waals surface area contributed by atoms with E-state index in [1.165, 1.54) is 29.2 Å². The molecule has 1 aliphatic heterocycles. The molecule has 1 fully saturated rings. The van der Waals surface area contributed by atoms with Crippen molar-refractivity contribution in [1.29, 1.82) is 0 Å². The fraction of sp³-hybridized carbons (Fsp3) is 0.385. The third-order valence-electron chi connectivity index (χ3n) is 3.20. The van der Waals surface area contributed by atoms with Crippen molar-refractivity contribution < 1.29 is 14.1 Å². The zero-order chi connectivity index (χ0) is 13.8. The number of hydrogen-bond donors (Lipinski definition) is 2. The van der Waals surface area contributed by atoms with Crippen LogP contribution in [-0.4, -0.2) is 49.0 Å². The highest BCUT2D eigenvalue weighted by atomic mass is 32.1. The molecule has 4 nitrogen and oxygen atoms in total. The van der Waals surface area contributed by atoms with Crippen LogP contribution >= 0.6 is 12.2 Å². The standard InChI is InChI=1S/C13H16FN3OS/c1-16-6-8-17(9-7-16)13(19)12(18)15-11-4-2-10(14)3-5-11/h2-5H,6-9H2,1H3,(H,15,18)/p+1. The number of halogens is 1. The van der Waals surface area contributed by atoms with Gasteiger partial charge in [-0.1, -0.05) is 12.2 Å². The number of piperazine rings is 1. The minimum atomic E-state index is -0.331. The Morgan fingerprint density at radius 1 is 1.32 bits per heavy atom. The lowest BCUT2D eigenvalue weighted by Gasteiger charge is -2.31. The molecule has 2 N–H and O–H groups in total. The Bertz CT molecular complexity index is 469. The summed E-state index contributed by atoms with van der Waals surface area (Å²) in [6, 6.07) is 5.64. The number of rotatable bonds is 1. The fourth-order valence-corrected chi connectivity index (χ4v) is 2.19. The summed E-state index contributed by atoms with van der Waals surface area (Å²) >= 11 is 5.19. The highest BCUT2D eigenvalue weighted by Crippen LogP contribution is 2.08. The molecule has 0 radical (unpaired) electrons. The molecule has 0 bridgehead atoms. The van der Waals surface area contributed by atoms with E-state index in [-0.39, 0.29) is 11.7 Å². The van der Waals surface area contributed by atoms with Crippen LogP contribution < -0.4 is 10.2 Å². The Morgan fingerprint density at radius 2 is 1.89 bits per heavy atom. The Labute approximate surface area is 117 Å². The average molecular weight is 282 g/mol. The predicted octanol–water partition coefficient (Wildman–Crippen LogP) is -0.0781. The summed E-state index contributed by atoms with van der Waals surface area (Å²) in [4.78, 5) is 15.6. The summed E-state index contributed by atoms with van der Waals surface area (Å²) in [7, 11) is 2.12. The lowest BCUT2D eigenvalue weighted by molar-refractivity contribution is -0.883. The molecule has 1 heterocycles. The number of hydrogen-bond acceptors (Lipinski definition) is 2. The highest BCUT2D eigenvalue weighted by Gasteiger charge is 2.23. The molecule has 0 spiro atoms. The van der Waals surface area contributed by atoms with Gasteiger partial charge in [0.2, 0.25) is 0 Å². The molecular weight excluding hydrogens is 265 g/mol. The minimum Gasteiger partial charge on any atom is -0.347 e. The highest BCUT2D eigenvalue weighted by molar-refractivity contribution is 7.82. The maximum atomic E-state index is 12.8. The van der Waals surface area contributed by atoms with Gasteiger partial charge in [0.25, 0.3) is 5.91 Å². The topological polar surface area (TPSA) is 36.8 Å². The number of carbonyl (C=O) groups is 1. The number of amides is 1. The van der Waals surface area contributed by atoms with Crippen molar-refractivity contribution in [3.8, 4) is 0 Å². The molecule has 0 atom stereocenters. The quantitative estimate of drug-likeness (QED) is 0.708. The third kappa shape index (κ3) is 3.71. The fourth-order valence-electron chi connectivity index (χ4n) is 1.95. The van der Waals surface area contributed by atoms with Gasteiger partial charge < -0.3 is 15.1 Å². The monoisotopic (exact) mass is 282 g/mol. The van der Waals surface area contributed by atoms with Crippen molar-refractivity contribution in [1.82, 2.24) is 4.90 Å². The van der Waals surface area contributed by atoms with Crippen LogP contribution in [0.5, 0.6) is 0 Å². The minimum absolute atomic E-state index is 0.303.